The van der Waals surface area contributed by atoms with E-state index in [0.29, 0.717) is 5.82 Å². The van der Waals surface area contributed by atoms with Crippen LogP contribution in [-0.4, -0.2) is 19.6 Å². The largest absolute Gasteiger partial charge is 0.507 e. The summed E-state index contributed by atoms with van der Waals surface area (Å²) in [6.45, 7) is 26.7. The first-order valence-electron chi connectivity index (χ1n) is 24.2. The van der Waals surface area contributed by atoms with Crippen LogP contribution in [0.5, 0.6) is 5.75 Å². The van der Waals surface area contributed by atoms with Gasteiger partial charge >= 0.3 is 0 Å². The van der Waals surface area contributed by atoms with Crippen molar-refractivity contribution in [1.82, 2.24) is 14.5 Å². The average molecular weight is 892 g/mol. The first-order valence-corrected chi connectivity index (χ1v) is 24.2. The molecule has 7 aromatic carbocycles. The maximum absolute atomic E-state index is 12.5. The van der Waals surface area contributed by atoms with Crippen LogP contribution < -0.4 is 0 Å². The molecular formula is C64H65N3O. The molecule has 0 atom stereocenters. The normalized spacial score (nSPS) is 12.1. The Hall–Kier alpha value is -7.04. The summed E-state index contributed by atoms with van der Waals surface area (Å²) in [5.41, 5.74) is 21.3. The van der Waals surface area contributed by atoms with Crippen LogP contribution >= 0.6 is 0 Å². The number of pyridine rings is 1. The van der Waals surface area contributed by atoms with Crippen LogP contribution in [0.15, 0.2) is 158 Å². The Bertz CT molecular complexity index is 3300. The Morgan fingerprint density at radius 3 is 1.82 bits per heavy atom. The molecule has 342 valence electrons. The number of aromatic nitrogens is 3. The molecule has 0 radical (unpaired) electrons. The Morgan fingerprint density at radius 1 is 0.500 bits per heavy atom. The zero-order chi connectivity index (χ0) is 48.2. The van der Waals surface area contributed by atoms with Crippen molar-refractivity contribution in [2.75, 3.05) is 0 Å². The predicted octanol–water partition coefficient (Wildman–Crippen LogP) is 17.6. The minimum Gasteiger partial charge on any atom is -0.507 e. The summed E-state index contributed by atoms with van der Waals surface area (Å²) < 4.78 is 2.31. The average Bonchev–Trinajstić information content (AvgIpc) is 3.71. The van der Waals surface area contributed by atoms with E-state index in [9.17, 15) is 5.11 Å². The highest BCUT2D eigenvalue weighted by molar-refractivity contribution is 5.98. The van der Waals surface area contributed by atoms with Gasteiger partial charge in [-0.25, -0.2) is 4.98 Å². The van der Waals surface area contributed by atoms with Gasteiger partial charge < -0.3 is 5.11 Å². The molecular weight excluding hydrogens is 827 g/mol. The van der Waals surface area contributed by atoms with E-state index in [2.05, 4.69) is 239 Å². The molecule has 0 unspecified atom stereocenters. The van der Waals surface area contributed by atoms with Crippen molar-refractivity contribution < 1.29 is 5.11 Å². The van der Waals surface area contributed by atoms with Gasteiger partial charge in [-0.15, -0.1) is 0 Å². The van der Waals surface area contributed by atoms with E-state index in [1.54, 1.807) is 0 Å². The monoisotopic (exact) mass is 892 g/mol. The molecule has 0 aliphatic carbocycles. The Morgan fingerprint density at radius 2 is 1.16 bits per heavy atom. The van der Waals surface area contributed by atoms with Crippen molar-refractivity contribution in [3.05, 3.63) is 191 Å². The SMILES string of the molecule is Cc1ccc(-c2ccnc(-c3cc(-c4cccc5c4nc(-c4cc(C(C)C)cc(C(C)C)c4O)n5-c4cc(C)c(-c5ccc(C(C)(C)C)cc5)cc4-c4ccccc4)cc(C(C)(C)C)c3)c2)cc1. The fraction of sp³-hybridized carbons (Fsp3) is 0.250. The number of nitrogens with zero attached hydrogens (tertiary/aromatic N) is 3. The lowest BCUT2D eigenvalue weighted by molar-refractivity contribution is 0.466. The van der Waals surface area contributed by atoms with E-state index in [1.807, 2.05) is 6.20 Å². The quantitative estimate of drug-likeness (QED) is 0.157. The number of benzene rings is 7. The number of rotatable bonds is 9. The van der Waals surface area contributed by atoms with Crippen molar-refractivity contribution in [1.29, 1.82) is 0 Å². The molecule has 2 aromatic heterocycles. The highest BCUT2D eigenvalue weighted by Crippen LogP contribution is 2.45. The fourth-order valence-corrected chi connectivity index (χ4v) is 9.45. The molecule has 9 rings (SSSR count). The number of para-hydroxylation sites is 1. The zero-order valence-electron chi connectivity index (χ0n) is 42.0. The molecule has 0 amide bonds. The van der Waals surface area contributed by atoms with Crippen molar-refractivity contribution in [2.45, 2.75) is 106 Å². The maximum Gasteiger partial charge on any atom is 0.149 e. The Balaban J connectivity index is 1.34. The number of aromatic hydroxyl groups is 1. The molecule has 0 fully saturated rings. The van der Waals surface area contributed by atoms with Crippen molar-refractivity contribution in [3.8, 4) is 78.6 Å². The summed E-state index contributed by atoms with van der Waals surface area (Å²) in [7, 11) is 0. The van der Waals surface area contributed by atoms with Gasteiger partial charge in [0.05, 0.1) is 28.0 Å². The number of hydrogen-bond acceptors (Lipinski definition) is 3. The van der Waals surface area contributed by atoms with Crippen LogP contribution in [0.25, 0.3) is 83.9 Å². The van der Waals surface area contributed by atoms with E-state index in [4.69, 9.17) is 9.97 Å². The van der Waals surface area contributed by atoms with Crippen molar-refractivity contribution in [2.24, 2.45) is 0 Å². The summed E-state index contributed by atoms with van der Waals surface area (Å²) in [4.78, 5) is 10.7. The summed E-state index contributed by atoms with van der Waals surface area (Å²) >= 11 is 0. The van der Waals surface area contributed by atoms with Gasteiger partial charge in [-0.3, -0.25) is 9.55 Å². The molecule has 0 saturated carbocycles. The van der Waals surface area contributed by atoms with Crippen LogP contribution in [0.3, 0.4) is 0 Å². The number of phenolic OH excluding ortho intramolecular Hbond substituents is 1. The molecule has 0 aliphatic rings. The number of aryl methyl sites for hydroxylation is 2. The van der Waals surface area contributed by atoms with E-state index < -0.39 is 0 Å². The summed E-state index contributed by atoms with van der Waals surface area (Å²) in [6.07, 6.45) is 1.92. The van der Waals surface area contributed by atoms with E-state index in [1.165, 1.54) is 27.8 Å². The third-order valence-electron chi connectivity index (χ3n) is 13.7. The maximum atomic E-state index is 12.5. The smallest absolute Gasteiger partial charge is 0.149 e. The second kappa shape index (κ2) is 17.9. The molecule has 68 heavy (non-hydrogen) atoms. The molecule has 0 saturated heterocycles. The molecule has 0 aliphatic heterocycles. The fourth-order valence-electron chi connectivity index (χ4n) is 9.45. The van der Waals surface area contributed by atoms with Crippen molar-refractivity contribution in [3.63, 3.8) is 0 Å². The summed E-state index contributed by atoms with van der Waals surface area (Å²) in [5.74, 6) is 1.31. The molecule has 4 heteroatoms. The second-order valence-corrected chi connectivity index (χ2v) is 21.5. The van der Waals surface area contributed by atoms with Gasteiger partial charge in [0.15, 0.2) is 0 Å². The van der Waals surface area contributed by atoms with Gasteiger partial charge in [0.2, 0.25) is 0 Å². The lowest BCUT2D eigenvalue weighted by Gasteiger charge is -2.22. The molecule has 0 spiro atoms. The standard InChI is InChI=1S/C64H65N3O/c1-39(2)47-35-53(40(3)4)61(68)56(36-47)62-66-60-52(48-32-49(34-51(33-48)64(10,11)12)57-37-46(29-30-65-57)43-23-21-41(5)22-24-43)19-16-20-58(60)67(62)59-31-42(6)54(38-55(59)44-17-14-13-15-18-44)45-25-27-50(28-26-45)63(7,8)9/h13-40,68H,1-12H3. The van der Waals surface area contributed by atoms with Crippen LogP contribution in [0, 0.1) is 13.8 Å². The summed E-state index contributed by atoms with van der Waals surface area (Å²) in [5, 5.41) is 12.5. The van der Waals surface area contributed by atoms with Crippen LogP contribution in [0.2, 0.25) is 0 Å². The third-order valence-corrected chi connectivity index (χ3v) is 13.7. The minimum absolute atomic E-state index is 0.0531. The molecule has 4 nitrogen and oxygen atoms in total. The predicted molar refractivity (Wildman–Crippen MR) is 288 cm³/mol. The van der Waals surface area contributed by atoms with Gasteiger partial charge in [-0.1, -0.05) is 178 Å². The van der Waals surface area contributed by atoms with Crippen LogP contribution in [0.4, 0.5) is 0 Å². The first kappa shape index (κ1) is 46.1. The highest BCUT2D eigenvalue weighted by atomic mass is 16.3. The topological polar surface area (TPSA) is 50.9 Å². The number of imidazole rings is 1. The lowest BCUT2D eigenvalue weighted by Crippen LogP contribution is -2.11. The second-order valence-electron chi connectivity index (χ2n) is 21.5. The highest BCUT2D eigenvalue weighted by Gasteiger charge is 2.27. The van der Waals surface area contributed by atoms with E-state index in [0.717, 1.165) is 83.6 Å². The molecule has 9 aromatic rings. The van der Waals surface area contributed by atoms with Crippen molar-refractivity contribution >= 4 is 11.0 Å². The van der Waals surface area contributed by atoms with Gasteiger partial charge in [0.1, 0.15) is 11.6 Å². The van der Waals surface area contributed by atoms with Gasteiger partial charge in [-0.2, -0.15) is 0 Å². The minimum atomic E-state index is -0.148. The number of fused-ring (bicyclic) bond motifs is 1. The van der Waals surface area contributed by atoms with Crippen LogP contribution in [-0.2, 0) is 10.8 Å². The summed E-state index contributed by atoms with van der Waals surface area (Å²) in [6, 6.07) is 55.2. The third kappa shape index (κ3) is 8.93. The lowest BCUT2D eigenvalue weighted by atomic mass is 9.83. The first-order chi connectivity index (χ1) is 32.3. The molecule has 0 bridgehead atoms. The van der Waals surface area contributed by atoms with Gasteiger partial charge in [0, 0.05) is 22.9 Å². The molecule has 1 N–H and O–H groups in total. The van der Waals surface area contributed by atoms with Crippen LogP contribution in [0.1, 0.15) is 114 Å². The van der Waals surface area contributed by atoms with Gasteiger partial charge in [0.25, 0.3) is 0 Å². The number of hydrogen-bond donors (Lipinski definition) is 1. The Kier molecular flexibility index (Phi) is 12.1. The number of phenols is 1. The van der Waals surface area contributed by atoms with E-state index >= 15 is 0 Å². The molecule has 2 heterocycles. The zero-order valence-corrected chi connectivity index (χ0v) is 42.0. The Labute approximate surface area is 404 Å². The van der Waals surface area contributed by atoms with E-state index in [-0.39, 0.29) is 28.4 Å². The van der Waals surface area contributed by atoms with Gasteiger partial charge in [-0.05, 0) is 146 Å².